The summed E-state index contributed by atoms with van der Waals surface area (Å²) >= 11 is 0. The molecule has 1 atom stereocenters. The van der Waals surface area contributed by atoms with Gasteiger partial charge in [0.05, 0.1) is 13.7 Å². The smallest absolute Gasteiger partial charge is 0.263 e. The second kappa shape index (κ2) is 9.42. The fourth-order valence-electron chi connectivity index (χ4n) is 1.71. The first kappa shape index (κ1) is 17.5. The van der Waals surface area contributed by atoms with Crippen LogP contribution >= 0.6 is 0 Å². The Morgan fingerprint density at radius 2 is 2.05 bits per heavy atom. The predicted octanol–water partition coefficient (Wildman–Crippen LogP) is 1.52. The normalized spacial score (nSPS) is 12.2. The zero-order valence-electron chi connectivity index (χ0n) is 13.1. The minimum Gasteiger partial charge on any atom is -0.497 e. The second-order valence-electron chi connectivity index (χ2n) is 4.58. The molecule has 22 heavy (non-hydrogen) atoms. The third-order valence-corrected chi connectivity index (χ3v) is 3.05. The average Bonchev–Trinajstić information content (AvgIpc) is 2.55. The van der Waals surface area contributed by atoms with Gasteiger partial charge in [-0.1, -0.05) is 12.1 Å². The number of carbonyl (C=O) groups excluding carboxylic acids is 1. The lowest BCUT2D eigenvalue weighted by atomic mass is 10.1. The minimum absolute atomic E-state index is 0.0245. The van der Waals surface area contributed by atoms with E-state index in [0.29, 0.717) is 13.2 Å². The summed E-state index contributed by atoms with van der Waals surface area (Å²) in [6.07, 6.45) is 1.43. The molecule has 118 valence electrons. The third kappa shape index (κ3) is 5.46. The molecule has 6 nitrogen and oxygen atoms in total. The highest BCUT2D eigenvalue weighted by Crippen LogP contribution is 2.17. The number of benzene rings is 1. The average molecular weight is 303 g/mol. The summed E-state index contributed by atoms with van der Waals surface area (Å²) in [7, 11) is 3.16. The van der Waals surface area contributed by atoms with E-state index in [2.05, 4.69) is 10.6 Å². The Balaban J connectivity index is 2.62. The molecule has 0 bridgehead atoms. The van der Waals surface area contributed by atoms with Gasteiger partial charge in [-0.15, -0.1) is 0 Å². The lowest BCUT2D eigenvalue weighted by Gasteiger charge is -2.13. The molecule has 1 unspecified atom stereocenters. The molecule has 6 heteroatoms. The van der Waals surface area contributed by atoms with E-state index in [9.17, 15) is 4.79 Å². The summed E-state index contributed by atoms with van der Waals surface area (Å²) in [5, 5.41) is 14.7. The summed E-state index contributed by atoms with van der Waals surface area (Å²) in [6, 6.07) is 9.41. The van der Waals surface area contributed by atoms with Crippen LogP contribution in [-0.2, 0) is 9.53 Å². The van der Waals surface area contributed by atoms with Gasteiger partial charge in [0.25, 0.3) is 5.91 Å². The molecular formula is C16H21N3O3. The number of amides is 1. The number of nitrogens with one attached hydrogen (secondary N) is 2. The summed E-state index contributed by atoms with van der Waals surface area (Å²) < 4.78 is 9.94. The van der Waals surface area contributed by atoms with E-state index < -0.39 is 5.91 Å². The van der Waals surface area contributed by atoms with Crippen molar-refractivity contribution in [1.29, 1.82) is 5.26 Å². The summed E-state index contributed by atoms with van der Waals surface area (Å²) in [4.78, 5) is 11.8. The van der Waals surface area contributed by atoms with Crippen molar-refractivity contribution in [3.8, 4) is 11.8 Å². The van der Waals surface area contributed by atoms with Crippen molar-refractivity contribution in [2.75, 3.05) is 27.4 Å². The lowest BCUT2D eigenvalue weighted by Crippen LogP contribution is -2.29. The van der Waals surface area contributed by atoms with E-state index >= 15 is 0 Å². The van der Waals surface area contributed by atoms with Crippen molar-refractivity contribution in [2.45, 2.75) is 13.0 Å². The maximum atomic E-state index is 11.8. The number of ether oxygens (including phenoxy) is 2. The van der Waals surface area contributed by atoms with Gasteiger partial charge in [-0.05, 0) is 24.6 Å². The van der Waals surface area contributed by atoms with Gasteiger partial charge >= 0.3 is 0 Å². The van der Waals surface area contributed by atoms with E-state index in [1.165, 1.54) is 6.20 Å². The van der Waals surface area contributed by atoms with E-state index in [0.717, 1.165) is 11.3 Å². The Bertz CT molecular complexity index is 547. The minimum atomic E-state index is -0.422. The molecule has 0 aliphatic carbocycles. The van der Waals surface area contributed by atoms with E-state index in [-0.39, 0.29) is 11.6 Å². The Morgan fingerprint density at radius 1 is 1.36 bits per heavy atom. The van der Waals surface area contributed by atoms with Crippen LogP contribution in [-0.4, -0.2) is 33.3 Å². The van der Waals surface area contributed by atoms with Gasteiger partial charge in [0.2, 0.25) is 0 Å². The zero-order valence-corrected chi connectivity index (χ0v) is 13.1. The van der Waals surface area contributed by atoms with Gasteiger partial charge < -0.3 is 20.1 Å². The van der Waals surface area contributed by atoms with Crippen LogP contribution in [0, 0.1) is 11.3 Å². The largest absolute Gasteiger partial charge is 0.497 e. The number of carbonyl (C=O) groups is 1. The standard InChI is InChI=1S/C16H21N3O3/c1-12(13-4-6-15(22-3)7-5-13)19-11-14(10-17)16(20)18-8-9-21-2/h4-7,11-12,19H,8-9H2,1-3H3,(H,18,20)/b14-11-. The molecule has 1 rings (SSSR count). The van der Waals surface area contributed by atoms with E-state index in [4.69, 9.17) is 14.7 Å². The van der Waals surface area contributed by atoms with Crippen LogP contribution in [0.3, 0.4) is 0 Å². The Labute approximate surface area is 130 Å². The van der Waals surface area contributed by atoms with Crippen molar-refractivity contribution < 1.29 is 14.3 Å². The molecule has 0 fully saturated rings. The Hall–Kier alpha value is -2.52. The molecular weight excluding hydrogens is 282 g/mol. The molecule has 0 aliphatic rings. The SMILES string of the molecule is COCCNC(=O)/C(C#N)=C\NC(C)c1ccc(OC)cc1. The predicted molar refractivity (Wildman–Crippen MR) is 83.1 cm³/mol. The van der Waals surface area contributed by atoms with E-state index in [1.54, 1.807) is 14.2 Å². The first-order chi connectivity index (χ1) is 10.6. The van der Waals surface area contributed by atoms with Crippen molar-refractivity contribution >= 4 is 5.91 Å². The fourth-order valence-corrected chi connectivity index (χ4v) is 1.71. The quantitative estimate of drug-likeness (QED) is 0.432. The Kier molecular flexibility index (Phi) is 7.51. The first-order valence-corrected chi connectivity index (χ1v) is 6.89. The van der Waals surface area contributed by atoms with Crippen LogP contribution in [0.4, 0.5) is 0 Å². The second-order valence-corrected chi connectivity index (χ2v) is 4.58. The van der Waals surface area contributed by atoms with Crippen LogP contribution in [0.2, 0.25) is 0 Å². The van der Waals surface area contributed by atoms with Crippen LogP contribution in [0.1, 0.15) is 18.5 Å². The molecule has 1 aromatic rings. The van der Waals surface area contributed by atoms with Crippen molar-refractivity contribution in [2.24, 2.45) is 0 Å². The topological polar surface area (TPSA) is 83.4 Å². The van der Waals surface area contributed by atoms with Crippen LogP contribution in [0.15, 0.2) is 36.0 Å². The monoisotopic (exact) mass is 303 g/mol. The van der Waals surface area contributed by atoms with Gasteiger partial charge in [-0.3, -0.25) is 4.79 Å². The molecule has 0 aromatic heterocycles. The van der Waals surface area contributed by atoms with Gasteiger partial charge in [0.15, 0.2) is 0 Å². The maximum Gasteiger partial charge on any atom is 0.263 e. The number of methoxy groups -OCH3 is 2. The van der Waals surface area contributed by atoms with Gasteiger partial charge in [-0.25, -0.2) is 0 Å². The molecule has 0 spiro atoms. The van der Waals surface area contributed by atoms with Crippen LogP contribution < -0.4 is 15.4 Å². The molecule has 0 saturated carbocycles. The molecule has 0 aliphatic heterocycles. The zero-order chi connectivity index (χ0) is 16.4. The van der Waals surface area contributed by atoms with Gasteiger partial charge in [-0.2, -0.15) is 5.26 Å². The maximum absolute atomic E-state index is 11.8. The first-order valence-electron chi connectivity index (χ1n) is 6.89. The summed E-state index contributed by atoms with van der Waals surface area (Å²) in [5.74, 6) is 0.357. The molecule has 2 N–H and O–H groups in total. The third-order valence-electron chi connectivity index (χ3n) is 3.05. The Morgan fingerprint density at radius 3 is 2.59 bits per heavy atom. The van der Waals surface area contributed by atoms with Crippen molar-refractivity contribution in [3.05, 3.63) is 41.6 Å². The summed E-state index contributed by atoms with van der Waals surface area (Å²) in [5.41, 5.74) is 1.05. The van der Waals surface area contributed by atoms with E-state index in [1.807, 2.05) is 37.3 Å². The number of hydrogen-bond donors (Lipinski definition) is 2. The molecule has 1 amide bonds. The van der Waals surface area contributed by atoms with Gasteiger partial charge in [0, 0.05) is 25.9 Å². The molecule has 0 radical (unpaired) electrons. The highest BCUT2D eigenvalue weighted by molar-refractivity contribution is 5.97. The lowest BCUT2D eigenvalue weighted by molar-refractivity contribution is -0.117. The fraction of sp³-hybridized carbons (Fsp3) is 0.375. The summed E-state index contributed by atoms with van der Waals surface area (Å²) in [6.45, 7) is 2.71. The van der Waals surface area contributed by atoms with Crippen LogP contribution in [0.25, 0.3) is 0 Å². The number of nitrogens with zero attached hydrogens (tertiary/aromatic N) is 1. The highest BCUT2D eigenvalue weighted by Gasteiger charge is 2.09. The molecule has 0 saturated heterocycles. The van der Waals surface area contributed by atoms with Crippen molar-refractivity contribution in [1.82, 2.24) is 10.6 Å². The van der Waals surface area contributed by atoms with Crippen LogP contribution in [0.5, 0.6) is 5.75 Å². The van der Waals surface area contributed by atoms with Crippen molar-refractivity contribution in [3.63, 3.8) is 0 Å². The number of hydrogen-bond acceptors (Lipinski definition) is 5. The number of nitriles is 1. The molecule has 0 heterocycles. The highest BCUT2D eigenvalue weighted by atomic mass is 16.5. The molecule has 1 aromatic carbocycles. The number of rotatable bonds is 8. The van der Waals surface area contributed by atoms with Gasteiger partial charge in [0.1, 0.15) is 17.4 Å².